The van der Waals surface area contributed by atoms with Crippen molar-refractivity contribution in [1.29, 1.82) is 0 Å². The van der Waals surface area contributed by atoms with Crippen molar-refractivity contribution in [3.63, 3.8) is 0 Å². The van der Waals surface area contributed by atoms with E-state index in [1.54, 1.807) is 24.3 Å². The van der Waals surface area contributed by atoms with Crippen molar-refractivity contribution in [3.05, 3.63) is 98.2 Å². The first-order valence-corrected chi connectivity index (χ1v) is 12.1. The highest BCUT2D eigenvalue weighted by Gasteiger charge is 2.45. The van der Waals surface area contributed by atoms with Crippen LogP contribution in [-0.4, -0.2) is 24.2 Å². The second kappa shape index (κ2) is 9.23. The van der Waals surface area contributed by atoms with Gasteiger partial charge in [0, 0.05) is 17.7 Å². The quantitative estimate of drug-likeness (QED) is 0.211. The molecular formula is C27H18BrF5N2O3. The van der Waals surface area contributed by atoms with Gasteiger partial charge in [-0.05, 0) is 44.4 Å². The number of anilines is 1. The molecule has 196 valence electrons. The van der Waals surface area contributed by atoms with E-state index in [4.69, 9.17) is 4.74 Å². The fourth-order valence-corrected chi connectivity index (χ4v) is 5.44. The molecule has 38 heavy (non-hydrogen) atoms. The Kier molecular flexibility index (Phi) is 6.29. The smallest absolute Gasteiger partial charge is 0.416 e. The molecule has 4 aromatic rings. The maximum absolute atomic E-state index is 16.6. The Bertz CT molecular complexity index is 1640. The lowest BCUT2D eigenvalue weighted by Crippen LogP contribution is -2.32. The second-order valence-corrected chi connectivity index (χ2v) is 9.48. The van der Waals surface area contributed by atoms with Gasteiger partial charge in [0.1, 0.15) is 5.82 Å². The number of benzene rings is 3. The number of aromatic nitrogens is 1. The zero-order valence-corrected chi connectivity index (χ0v) is 21.2. The zero-order chi connectivity index (χ0) is 27.4. The van der Waals surface area contributed by atoms with Gasteiger partial charge in [0.15, 0.2) is 6.04 Å². The fourth-order valence-electron chi connectivity index (χ4n) is 4.80. The number of carbonyl (C=O) groups excluding carboxylic acids is 1. The fraction of sp³-hybridized carbons (Fsp3) is 0.185. The number of nitrogens with one attached hydrogen (secondary N) is 1. The standard InChI is InChI=1S/C27H18BrF5N2O3/c1-38-25(37)19-13-34-23-20(15-8-4-9-16(12-15)27(31,32)33)21(22(28)24(36)35(19)23)26(29,30)18-11-5-7-14-6-2-3-10-17(14)18/h2-12,19,34H,13H2,1H3. The summed E-state index contributed by atoms with van der Waals surface area (Å²) in [4.78, 5) is 25.8. The summed E-state index contributed by atoms with van der Waals surface area (Å²) in [7, 11) is 1.11. The molecule has 1 unspecified atom stereocenters. The monoisotopic (exact) mass is 592 g/mol. The summed E-state index contributed by atoms with van der Waals surface area (Å²) in [6, 6.07) is 13.4. The van der Waals surface area contributed by atoms with E-state index >= 15 is 8.78 Å². The highest BCUT2D eigenvalue weighted by Crippen LogP contribution is 2.49. The second-order valence-electron chi connectivity index (χ2n) is 8.69. The molecule has 0 bridgehead atoms. The number of hydrogen-bond acceptors (Lipinski definition) is 4. The molecule has 1 aromatic heterocycles. The third-order valence-corrected chi connectivity index (χ3v) is 7.26. The predicted molar refractivity (Wildman–Crippen MR) is 135 cm³/mol. The molecular weight excluding hydrogens is 575 g/mol. The molecule has 1 aliphatic rings. The van der Waals surface area contributed by atoms with E-state index in [0.29, 0.717) is 5.39 Å². The maximum Gasteiger partial charge on any atom is 0.416 e. The highest BCUT2D eigenvalue weighted by molar-refractivity contribution is 9.10. The van der Waals surface area contributed by atoms with Crippen LogP contribution in [0.5, 0.6) is 0 Å². The Balaban J connectivity index is 1.89. The van der Waals surface area contributed by atoms with Crippen LogP contribution in [-0.2, 0) is 21.6 Å². The summed E-state index contributed by atoms with van der Waals surface area (Å²) in [5.41, 5.74) is -3.81. The topological polar surface area (TPSA) is 60.3 Å². The third-order valence-electron chi connectivity index (χ3n) is 6.52. The van der Waals surface area contributed by atoms with E-state index in [2.05, 4.69) is 21.2 Å². The van der Waals surface area contributed by atoms with Crippen LogP contribution in [0.2, 0.25) is 0 Å². The number of ether oxygens (including phenoxy) is 1. The van der Waals surface area contributed by atoms with E-state index < -0.39 is 50.8 Å². The molecule has 0 fully saturated rings. The number of pyridine rings is 1. The van der Waals surface area contributed by atoms with E-state index in [0.717, 1.165) is 29.9 Å². The van der Waals surface area contributed by atoms with Gasteiger partial charge >= 0.3 is 18.1 Å². The van der Waals surface area contributed by atoms with Crippen molar-refractivity contribution in [2.75, 3.05) is 19.0 Å². The van der Waals surface area contributed by atoms with E-state index in [9.17, 15) is 22.8 Å². The largest absolute Gasteiger partial charge is 0.467 e. The van der Waals surface area contributed by atoms with Gasteiger partial charge in [-0.25, -0.2) is 4.79 Å². The van der Waals surface area contributed by atoms with Gasteiger partial charge in [-0.3, -0.25) is 9.36 Å². The number of alkyl halides is 5. The summed E-state index contributed by atoms with van der Waals surface area (Å²) in [6.07, 6.45) is -4.75. The number of nitrogens with zero attached hydrogens (tertiary/aromatic N) is 1. The molecule has 0 spiro atoms. The first-order chi connectivity index (χ1) is 18.0. The van der Waals surface area contributed by atoms with Crippen LogP contribution in [0.25, 0.3) is 21.9 Å². The van der Waals surface area contributed by atoms with Gasteiger partial charge in [-0.15, -0.1) is 0 Å². The van der Waals surface area contributed by atoms with Crippen molar-refractivity contribution < 1.29 is 31.5 Å². The molecule has 0 aliphatic carbocycles. The first-order valence-electron chi connectivity index (χ1n) is 11.3. The van der Waals surface area contributed by atoms with E-state index in [-0.39, 0.29) is 28.9 Å². The van der Waals surface area contributed by atoms with Crippen LogP contribution in [0, 0.1) is 0 Å². The summed E-state index contributed by atoms with van der Waals surface area (Å²) < 4.78 is 79.1. The van der Waals surface area contributed by atoms with Gasteiger partial charge < -0.3 is 10.1 Å². The Hall–Kier alpha value is -3.73. The van der Waals surface area contributed by atoms with Crippen molar-refractivity contribution in [2.45, 2.75) is 18.1 Å². The lowest BCUT2D eigenvalue weighted by Gasteiger charge is -2.26. The molecule has 2 heterocycles. The van der Waals surface area contributed by atoms with Crippen LogP contribution in [0.15, 0.2) is 76.0 Å². The molecule has 0 saturated heterocycles. The molecule has 0 amide bonds. The van der Waals surface area contributed by atoms with Crippen molar-refractivity contribution in [1.82, 2.24) is 4.57 Å². The maximum atomic E-state index is 16.6. The number of fused-ring (bicyclic) bond motifs is 2. The first kappa shape index (κ1) is 25.9. The van der Waals surface area contributed by atoms with Crippen molar-refractivity contribution in [3.8, 4) is 11.1 Å². The lowest BCUT2D eigenvalue weighted by molar-refractivity contribution is -0.144. The molecule has 11 heteroatoms. The number of halogens is 6. The van der Waals surface area contributed by atoms with E-state index in [1.165, 1.54) is 24.3 Å². The zero-order valence-electron chi connectivity index (χ0n) is 19.6. The Morgan fingerprint density at radius 3 is 2.42 bits per heavy atom. The van der Waals surface area contributed by atoms with Gasteiger partial charge in [-0.2, -0.15) is 22.0 Å². The van der Waals surface area contributed by atoms with Gasteiger partial charge in [0.25, 0.3) is 5.56 Å². The number of carbonyl (C=O) groups is 1. The summed E-state index contributed by atoms with van der Waals surface area (Å²) in [5.74, 6) is -4.86. The van der Waals surface area contributed by atoms with Crippen LogP contribution in [0.1, 0.15) is 22.7 Å². The molecule has 0 saturated carbocycles. The molecule has 1 aliphatic heterocycles. The Labute approximate surface area is 221 Å². The Morgan fingerprint density at radius 1 is 1.03 bits per heavy atom. The number of methoxy groups -OCH3 is 1. The summed E-state index contributed by atoms with van der Waals surface area (Å²) in [6.45, 7) is -0.177. The molecule has 1 atom stereocenters. The van der Waals surface area contributed by atoms with Crippen LogP contribution in [0.3, 0.4) is 0 Å². The van der Waals surface area contributed by atoms with Crippen LogP contribution in [0.4, 0.5) is 27.8 Å². The lowest BCUT2D eigenvalue weighted by atomic mass is 9.89. The molecule has 1 N–H and O–H groups in total. The molecule has 5 nitrogen and oxygen atoms in total. The van der Waals surface area contributed by atoms with Crippen molar-refractivity contribution in [2.24, 2.45) is 0 Å². The highest BCUT2D eigenvalue weighted by atomic mass is 79.9. The van der Waals surface area contributed by atoms with Gasteiger partial charge in [0.2, 0.25) is 0 Å². The molecule has 3 aromatic carbocycles. The van der Waals surface area contributed by atoms with Gasteiger partial charge in [0.05, 0.1) is 22.7 Å². The van der Waals surface area contributed by atoms with E-state index in [1.807, 2.05) is 0 Å². The van der Waals surface area contributed by atoms with Crippen LogP contribution < -0.4 is 10.9 Å². The number of hydrogen-bond donors (Lipinski definition) is 1. The average Bonchev–Trinajstić information content (AvgIpc) is 3.34. The predicted octanol–water partition coefficient (Wildman–Crippen LogP) is 6.73. The summed E-state index contributed by atoms with van der Waals surface area (Å²) >= 11 is 3.02. The average molecular weight is 593 g/mol. The minimum Gasteiger partial charge on any atom is -0.467 e. The molecule has 0 radical (unpaired) electrons. The normalized spacial score (nSPS) is 15.3. The number of rotatable bonds is 4. The SMILES string of the molecule is COC(=O)C1CNc2c(-c3cccc(C(F)(F)F)c3)c(C(F)(F)c3cccc4ccccc34)c(Br)c(=O)n21. The minimum absolute atomic E-state index is 0.177. The van der Waals surface area contributed by atoms with Crippen molar-refractivity contribution >= 4 is 38.5 Å². The summed E-state index contributed by atoms with van der Waals surface area (Å²) in [5, 5.41) is 3.51. The minimum atomic E-state index is -4.75. The van der Waals surface area contributed by atoms with Gasteiger partial charge in [-0.1, -0.05) is 54.6 Å². The van der Waals surface area contributed by atoms with Crippen LogP contribution >= 0.6 is 15.9 Å². The third kappa shape index (κ3) is 4.05. The molecule has 5 rings (SSSR count). The number of esters is 1. The Morgan fingerprint density at radius 2 is 1.71 bits per heavy atom.